The Kier molecular flexibility index (Phi) is 3.82. The van der Waals surface area contributed by atoms with Gasteiger partial charge in [0.1, 0.15) is 5.82 Å². The maximum Gasteiger partial charge on any atom is 0.255 e. The Morgan fingerprint density at radius 3 is 2.80 bits per heavy atom. The quantitative estimate of drug-likeness (QED) is 0.784. The normalized spacial score (nSPS) is 26.6. The number of hydrogen-bond acceptors (Lipinski definition) is 2. The summed E-state index contributed by atoms with van der Waals surface area (Å²) in [4.78, 5) is 16.9. The summed E-state index contributed by atoms with van der Waals surface area (Å²) in [5.74, 6) is -0.332. The van der Waals surface area contributed by atoms with Crippen molar-refractivity contribution in [1.82, 2.24) is 9.80 Å². The van der Waals surface area contributed by atoms with E-state index < -0.39 is 0 Å². The Balaban J connectivity index is 1.80. The van der Waals surface area contributed by atoms with E-state index in [0.29, 0.717) is 22.1 Å². The third-order valence-electron chi connectivity index (χ3n) is 4.60. The van der Waals surface area contributed by atoms with Crippen molar-refractivity contribution in [3.8, 4) is 0 Å². The summed E-state index contributed by atoms with van der Waals surface area (Å²) in [6, 6.07) is 5.33. The highest BCUT2D eigenvalue weighted by molar-refractivity contribution is 9.10. The molecule has 0 aromatic heterocycles. The van der Waals surface area contributed by atoms with E-state index >= 15 is 0 Å². The van der Waals surface area contributed by atoms with Crippen molar-refractivity contribution in [1.29, 1.82) is 0 Å². The van der Waals surface area contributed by atoms with Crippen LogP contribution >= 0.6 is 15.9 Å². The third-order valence-corrected chi connectivity index (χ3v) is 5.25. The van der Waals surface area contributed by atoms with Crippen molar-refractivity contribution in [3.63, 3.8) is 0 Å². The fraction of sp³-hybridized carbons (Fsp3) is 0.533. The van der Waals surface area contributed by atoms with E-state index in [1.165, 1.54) is 18.6 Å². The number of carbonyl (C=O) groups excluding carboxylic acids is 1. The van der Waals surface area contributed by atoms with Crippen molar-refractivity contribution < 1.29 is 9.18 Å². The molecule has 5 heteroatoms. The average molecular weight is 341 g/mol. The van der Waals surface area contributed by atoms with E-state index in [4.69, 9.17) is 0 Å². The lowest BCUT2D eigenvalue weighted by Crippen LogP contribution is -2.39. The molecule has 2 unspecified atom stereocenters. The van der Waals surface area contributed by atoms with E-state index in [1.807, 2.05) is 4.90 Å². The van der Waals surface area contributed by atoms with Gasteiger partial charge in [-0.2, -0.15) is 0 Å². The molecule has 2 aliphatic heterocycles. The van der Waals surface area contributed by atoms with Gasteiger partial charge in [-0.15, -0.1) is 0 Å². The largest absolute Gasteiger partial charge is 0.337 e. The predicted octanol–water partition coefficient (Wildman–Crippen LogP) is 2.90. The summed E-state index contributed by atoms with van der Waals surface area (Å²) in [5.41, 5.74) is 0.548. The maximum atomic E-state index is 13.1. The number of hydrogen-bond donors (Lipinski definition) is 0. The zero-order valence-electron chi connectivity index (χ0n) is 11.5. The Morgan fingerprint density at radius 1 is 1.30 bits per heavy atom. The number of likely N-dealkylation sites (tertiary alicyclic amines) is 1. The summed E-state index contributed by atoms with van der Waals surface area (Å²) in [6.07, 6.45) is 3.43. The van der Waals surface area contributed by atoms with Gasteiger partial charge in [-0.25, -0.2) is 4.39 Å². The molecule has 20 heavy (non-hydrogen) atoms. The second kappa shape index (κ2) is 5.45. The first-order valence-electron chi connectivity index (χ1n) is 7.02. The minimum atomic E-state index is -0.330. The molecule has 2 saturated heterocycles. The lowest BCUT2D eigenvalue weighted by Gasteiger charge is -2.26. The van der Waals surface area contributed by atoms with Gasteiger partial charge in [-0.3, -0.25) is 9.69 Å². The lowest BCUT2D eigenvalue weighted by atomic mass is 10.1. The number of halogens is 2. The SMILES string of the molecule is CN1C2CCC1CN(C(=O)c1ccc(F)cc1Br)CC2. The number of amides is 1. The van der Waals surface area contributed by atoms with Crippen LogP contribution in [0.2, 0.25) is 0 Å². The molecule has 0 spiro atoms. The first-order chi connectivity index (χ1) is 9.56. The molecule has 2 aliphatic rings. The van der Waals surface area contributed by atoms with Crippen LogP contribution in [-0.2, 0) is 0 Å². The predicted molar refractivity (Wildman–Crippen MR) is 79.2 cm³/mol. The van der Waals surface area contributed by atoms with Gasteiger partial charge < -0.3 is 4.90 Å². The third kappa shape index (κ3) is 2.49. The lowest BCUT2D eigenvalue weighted by molar-refractivity contribution is 0.0739. The fourth-order valence-corrected chi connectivity index (χ4v) is 3.85. The number of likely N-dealkylation sites (N-methyl/N-ethyl adjacent to an activating group) is 1. The van der Waals surface area contributed by atoms with Crippen LogP contribution in [0.4, 0.5) is 4.39 Å². The van der Waals surface area contributed by atoms with Crippen molar-refractivity contribution in [2.24, 2.45) is 0 Å². The van der Waals surface area contributed by atoms with Gasteiger partial charge >= 0.3 is 0 Å². The summed E-state index contributed by atoms with van der Waals surface area (Å²) in [6.45, 7) is 1.56. The number of fused-ring (bicyclic) bond motifs is 2. The summed E-state index contributed by atoms with van der Waals surface area (Å²) in [7, 11) is 2.16. The van der Waals surface area contributed by atoms with Crippen molar-refractivity contribution in [3.05, 3.63) is 34.1 Å². The monoisotopic (exact) mass is 340 g/mol. The molecule has 1 aromatic rings. The molecule has 2 heterocycles. The van der Waals surface area contributed by atoms with Crippen molar-refractivity contribution in [2.45, 2.75) is 31.3 Å². The Hall–Kier alpha value is -0.940. The van der Waals surface area contributed by atoms with Crippen LogP contribution in [0.3, 0.4) is 0 Å². The molecule has 1 amide bonds. The summed E-state index contributed by atoms with van der Waals surface area (Å²) < 4.78 is 13.7. The Labute approximate surface area is 126 Å². The average Bonchev–Trinajstić information content (AvgIpc) is 2.62. The minimum absolute atomic E-state index is 0.00201. The van der Waals surface area contributed by atoms with Crippen LogP contribution in [0, 0.1) is 5.82 Å². The molecule has 2 bridgehead atoms. The van der Waals surface area contributed by atoms with E-state index in [2.05, 4.69) is 27.9 Å². The molecule has 0 aliphatic carbocycles. The highest BCUT2D eigenvalue weighted by Crippen LogP contribution is 2.29. The zero-order valence-corrected chi connectivity index (χ0v) is 13.1. The van der Waals surface area contributed by atoms with Gasteiger partial charge in [0, 0.05) is 29.6 Å². The molecule has 3 nitrogen and oxygen atoms in total. The molecule has 2 atom stereocenters. The molecule has 0 radical (unpaired) electrons. The van der Waals surface area contributed by atoms with Gasteiger partial charge in [0.15, 0.2) is 0 Å². The Morgan fingerprint density at radius 2 is 2.05 bits per heavy atom. The topological polar surface area (TPSA) is 23.6 Å². The smallest absolute Gasteiger partial charge is 0.255 e. The van der Waals surface area contributed by atoms with Gasteiger partial charge in [0.25, 0.3) is 5.91 Å². The van der Waals surface area contributed by atoms with Gasteiger partial charge in [0.05, 0.1) is 5.56 Å². The second-order valence-corrected chi connectivity index (χ2v) is 6.57. The number of nitrogens with zero attached hydrogens (tertiary/aromatic N) is 2. The van der Waals surface area contributed by atoms with E-state index in [1.54, 1.807) is 6.07 Å². The van der Waals surface area contributed by atoms with Crippen LogP contribution in [0.15, 0.2) is 22.7 Å². The van der Waals surface area contributed by atoms with E-state index in [-0.39, 0.29) is 11.7 Å². The highest BCUT2D eigenvalue weighted by Gasteiger charge is 2.36. The first-order valence-corrected chi connectivity index (χ1v) is 7.82. The zero-order chi connectivity index (χ0) is 14.3. The first kappa shape index (κ1) is 14.0. The fourth-order valence-electron chi connectivity index (χ4n) is 3.33. The van der Waals surface area contributed by atoms with Crippen LogP contribution in [0.5, 0.6) is 0 Å². The van der Waals surface area contributed by atoms with Crippen LogP contribution < -0.4 is 0 Å². The molecule has 2 fully saturated rings. The summed E-state index contributed by atoms with van der Waals surface area (Å²) >= 11 is 3.29. The molecule has 3 rings (SSSR count). The van der Waals surface area contributed by atoms with Crippen molar-refractivity contribution in [2.75, 3.05) is 20.1 Å². The maximum absolute atomic E-state index is 13.1. The minimum Gasteiger partial charge on any atom is -0.337 e. The van der Waals surface area contributed by atoms with E-state index in [0.717, 1.165) is 25.9 Å². The van der Waals surface area contributed by atoms with Gasteiger partial charge in [-0.05, 0) is 60.4 Å². The van der Waals surface area contributed by atoms with Crippen LogP contribution in [0.25, 0.3) is 0 Å². The number of rotatable bonds is 1. The standard InChI is InChI=1S/C15H18BrFN2O/c1-18-11-3-4-12(18)9-19(7-6-11)15(20)13-5-2-10(17)8-14(13)16/h2,5,8,11-12H,3-4,6-7,9H2,1H3. The molecular formula is C15H18BrFN2O. The molecule has 1 aromatic carbocycles. The van der Waals surface area contributed by atoms with E-state index in [9.17, 15) is 9.18 Å². The number of benzene rings is 1. The summed E-state index contributed by atoms with van der Waals surface area (Å²) in [5, 5.41) is 0. The second-order valence-electron chi connectivity index (χ2n) is 5.71. The van der Waals surface area contributed by atoms with Crippen LogP contribution in [-0.4, -0.2) is 47.9 Å². The van der Waals surface area contributed by atoms with Crippen LogP contribution in [0.1, 0.15) is 29.6 Å². The Bertz CT molecular complexity index is 537. The molecule has 108 valence electrons. The molecular weight excluding hydrogens is 323 g/mol. The number of carbonyl (C=O) groups is 1. The van der Waals surface area contributed by atoms with Gasteiger partial charge in [0.2, 0.25) is 0 Å². The highest BCUT2D eigenvalue weighted by atomic mass is 79.9. The van der Waals surface area contributed by atoms with Gasteiger partial charge in [-0.1, -0.05) is 0 Å². The molecule has 0 N–H and O–H groups in total. The molecule has 0 saturated carbocycles. The van der Waals surface area contributed by atoms with Crippen molar-refractivity contribution >= 4 is 21.8 Å².